The number of carbonyl (C=O) groups excluding carboxylic acids is 1. The highest BCUT2D eigenvalue weighted by molar-refractivity contribution is 7.91. The molecule has 2 heterocycles. The number of hydrogen-bond acceptors (Lipinski definition) is 4. The van der Waals surface area contributed by atoms with E-state index in [4.69, 9.17) is 11.6 Å². The van der Waals surface area contributed by atoms with Crippen LogP contribution in [0, 0.1) is 0 Å². The molecule has 1 aromatic heterocycles. The fraction of sp³-hybridized carbons (Fsp3) is 0.207. The first-order chi connectivity index (χ1) is 17.9. The third-order valence-corrected chi connectivity index (χ3v) is 8.72. The number of piperazine rings is 1. The minimum absolute atomic E-state index is 0.0179. The Morgan fingerprint density at radius 3 is 2.27 bits per heavy atom. The molecule has 1 aliphatic rings. The summed E-state index contributed by atoms with van der Waals surface area (Å²) in [6.45, 7) is 3.82. The average Bonchev–Trinajstić information content (AvgIpc) is 3.29. The molecule has 1 amide bonds. The van der Waals surface area contributed by atoms with Gasteiger partial charge in [0, 0.05) is 54.8 Å². The number of sulfone groups is 1. The van der Waals surface area contributed by atoms with Crippen molar-refractivity contribution in [3.63, 3.8) is 0 Å². The molecule has 0 N–H and O–H groups in total. The monoisotopic (exact) mass is 533 g/mol. The van der Waals surface area contributed by atoms with Crippen LogP contribution in [-0.4, -0.2) is 61.4 Å². The molecule has 0 unspecified atom stereocenters. The minimum atomic E-state index is -3.78. The van der Waals surface area contributed by atoms with Crippen LogP contribution in [0.3, 0.4) is 0 Å². The lowest BCUT2D eigenvalue weighted by atomic mass is 10.2. The molecule has 4 aromatic rings. The summed E-state index contributed by atoms with van der Waals surface area (Å²) >= 11 is 5.95. The van der Waals surface area contributed by atoms with Gasteiger partial charge in [-0.25, -0.2) is 8.42 Å². The van der Waals surface area contributed by atoms with E-state index in [-0.39, 0.29) is 22.2 Å². The molecule has 1 aliphatic heterocycles. The Morgan fingerprint density at radius 2 is 1.54 bits per heavy atom. The van der Waals surface area contributed by atoms with Crippen molar-refractivity contribution in [2.75, 3.05) is 32.7 Å². The van der Waals surface area contributed by atoms with Gasteiger partial charge in [0.2, 0.25) is 15.7 Å². The van der Waals surface area contributed by atoms with Crippen molar-refractivity contribution in [1.82, 2.24) is 14.4 Å². The third-order valence-electron chi connectivity index (χ3n) is 6.67. The second-order valence-corrected chi connectivity index (χ2v) is 11.4. The zero-order chi connectivity index (χ0) is 25.8. The molecule has 8 heteroatoms. The van der Waals surface area contributed by atoms with Gasteiger partial charge in [0.15, 0.2) is 0 Å². The summed E-state index contributed by atoms with van der Waals surface area (Å²) in [5, 5.41) is 1.07. The number of halogens is 1. The molecule has 0 aliphatic carbocycles. The number of nitrogens with zero attached hydrogens (tertiary/aromatic N) is 3. The van der Waals surface area contributed by atoms with Crippen molar-refractivity contribution in [2.24, 2.45) is 0 Å². The number of para-hydroxylation sites is 1. The van der Waals surface area contributed by atoms with Crippen molar-refractivity contribution in [1.29, 1.82) is 0 Å². The molecule has 0 bridgehead atoms. The van der Waals surface area contributed by atoms with Crippen molar-refractivity contribution in [2.45, 2.75) is 16.3 Å². The molecule has 1 saturated heterocycles. The lowest BCUT2D eigenvalue weighted by Gasteiger charge is -2.34. The Kier molecular flexibility index (Phi) is 7.46. The van der Waals surface area contributed by atoms with Crippen molar-refractivity contribution >= 4 is 44.3 Å². The SMILES string of the molecule is O=C(Cn1cc(S(=O)(=O)c2ccc(Cl)cc2)c2ccccc21)N1CCN(C/C=C/c2ccccc2)CC1. The molecular weight excluding hydrogens is 506 g/mol. The number of amides is 1. The van der Waals surface area contributed by atoms with Crippen LogP contribution >= 0.6 is 11.6 Å². The highest BCUT2D eigenvalue weighted by Gasteiger charge is 2.25. The topological polar surface area (TPSA) is 62.6 Å². The van der Waals surface area contributed by atoms with Gasteiger partial charge in [0.05, 0.1) is 9.79 Å². The van der Waals surface area contributed by atoms with Crippen LogP contribution < -0.4 is 0 Å². The van der Waals surface area contributed by atoms with Crippen LogP contribution in [0.1, 0.15) is 5.56 Å². The van der Waals surface area contributed by atoms with Gasteiger partial charge < -0.3 is 9.47 Å². The lowest BCUT2D eigenvalue weighted by molar-refractivity contribution is -0.133. The molecular formula is C29H28ClN3O3S. The van der Waals surface area contributed by atoms with Gasteiger partial charge >= 0.3 is 0 Å². The Bertz CT molecular complexity index is 1520. The van der Waals surface area contributed by atoms with E-state index in [0.717, 1.165) is 19.6 Å². The number of carbonyl (C=O) groups is 1. The number of rotatable bonds is 7. The summed E-state index contributed by atoms with van der Waals surface area (Å²) in [4.78, 5) is 17.7. The van der Waals surface area contributed by atoms with E-state index in [9.17, 15) is 13.2 Å². The van der Waals surface area contributed by atoms with Crippen LogP contribution in [0.15, 0.2) is 101 Å². The van der Waals surface area contributed by atoms with Gasteiger partial charge in [-0.2, -0.15) is 0 Å². The molecule has 37 heavy (non-hydrogen) atoms. The maximum absolute atomic E-state index is 13.4. The van der Waals surface area contributed by atoms with Gasteiger partial charge in [-0.3, -0.25) is 9.69 Å². The second-order valence-electron chi connectivity index (χ2n) is 9.09. The highest BCUT2D eigenvalue weighted by atomic mass is 35.5. The summed E-state index contributed by atoms with van der Waals surface area (Å²) in [7, 11) is -3.78. The largest absolute Gasteiger partial charge is 0.339 e. The first-order valence-electron chi connectivity index (χ1n) is 12.2. The molecule has 0 radical (unpaired) electrons. The first-order valence-corrected chi connectivity index (χ1v) is 14.1. The Balaban J connectivity index is 1.27. The standard InChI is InChI=1S/C29H28ClN3O3S/c30-24-12-14-25(15-13-24)37(35,36)28-21-33(27-11-5-4-10-26(27)28)22-29(34)32-19-17-31(18-20-32)16-6-9-23-7-2-1-3-8-23/h1-15,21H,16-20,22H2/b9-6+. The van der Waals surface area contributed by atoms with Gasteiger partial charge in [0.1, 0.15) is 6.54 Å². The Morgan fingerprint density at radius 1 is 0.865 bits per heavy atom. The van der Waals surface area contributed by atoms with E-state index in [1.54, 1.807) is 35.0 Å². The van der Waals surface area contributed by atoms with Gasteiger partial charge in [-0.05, 0) is 35.9 Å². The summed E-state index contributed by atoms with van der Waals surface area (Å²) in [5.74, 6) is -0.0179. The molecule has 0 atom stereocenters. The second kappa shape index (κ2) is 10.9. The molecule has 3 aromatic carbocycles. The highest BCUT2D eigenvalue weighted by Crippen LogP contribution is 2.31. The first kappa shape index (κ1) is 25.3. The van der Waals surface area contributed by atoms with E-state index < -0.39 is 9.84 Å². The van der Waals surface area contributed by atoms with Gasteiger partial charge in [-0.15, -0.1) is 0 Å². The molecule has 6 nitrogen and oxygen atoms in total. The van der Waals surface area contributed by atoms with Crippen LogP contribution in [0.5, 0.6) is 0 Å². The average molecular weight is 534 g/mol. The van der Waals surface area contributed by atoms with Crippen LogP contribution in [-0.2, 0) is 21.2 Å². The van der Waals surface area contributed by atoms with Crippen molar-refractivity contribution in [3.8, 4) is 0 Å². The van der Waals surface area contributed by atoms with Crippen LogP contribution in [0.2, 0.25) is 5.02 Å². The fourth-order valence-corrected chi connectivity index (χ4v) is 6.23. The van der Waals surface area contributed by atoms with Crippen LogP contribution in [0.4, 0.5) is 0 Å². The number of aromatic nitrogens is 1. The Hall–Kier alpha value is -3.39. The maximum Gasteiger partial charge on any atom is 0.242 e. The molecule has 5 rings (SSSR count). The number of fused-ring (bicyclic) bond motifs is 1. The van der Waals surface area contributed by atoms with Gasteiger partial charge in [-0.1, -0.05) is 72.3 Å². The summed E-state index contributed by atoms with van der Waals surface area (Å²) in [5.41, 5.74) is 1.89. The van der Waals surface area contributed by atoms with E-state index in [0.29, 0.717) is 29.0 Å². The molecule has 0 saturated carbocycles. The normalized spacial score (nSPS) is 15.0. The van der Waals surface area contributed by atoms with E-state index >= 15 is 0 Å². The van der Waals surface area contributed by atoms with Crippen molar-refractivity contribution < 1.29 is 13.2 Å². The summed E-state index contributed by atoms with van der Waals surface area (Å²) < 4.78 is 28.6. The van der Waals surface area contributed by atoms with E-state index in [2.05, 4.69) is 29.2 Å². The maximum atomic E-state index is 13.4. The summed E-state index contributed by atoms with van der Waals surface area (Å²) in [6.07, 6.45) is 5.85. The quantitative estimate of drug-likeness (QED) is 0.336. The minimum Gasteiger partial charge on any atom is -0.339 e. The van der Waals surface area contributed by atoms with Crippen molar-refractivity contribution in [3.05, 3.63) is 102 Å². The van der Waals surface area contributed by atoms with E-state index in [1.807, 2.05) is 35.2 Å². The fourth-order valence-electron chi connectivity index (χ4n) is 4.63. The summed E-state index contributed by atoms with van der Waals surface area (Å²) in [6, 6.07) is 23.6. The predicted octanol–water partition coefficient (Wildman–Crippen LogP) is 4.99. The lowest BCUT2D eigenvalue weighted by Crippen LogP contribution is -2.49. The smallest absolute Gasteiger partial charge is 0.242 e. The van der Waals surface area contributed by atoms with E-state index in [1.165, 1.54) is 17.7 Å². The predicted molar refractivity (Wildman–Crippen MR) is 147 cm³/mol. The molecule has 190 valence electrons. The Labute approximate surface area is 222 Å². The van der Waals surface area contributed by atoms with Gasteiger partial charge in [0.25, 0.3) is 0 Å². The number of benzene rings is 3. The molecule has 0 spiro atoms. The zero-order valence-corrected chi connectivity index (χ0v) is 21.9. The molecule has 1 fully saturated rings. The number of hydrogen-bond donors (Lipinski definition) is 0. The zero-order valence-electron chi connectivity index (χ0n) is 20.3. The third kappa shape index (κ3) is 5.64. The van der Waals surface area contributed by atoms with Crippen LogP contribution in [0.25, 0.3) is 17.0 Å².